The van der Waals surface area contributed by atoms with E-state index in [1.807, 2.05) is 12.1 Å². The van der Waals surface area contributed by atoms with Gasteiger partial charge in [0.15, 0.2) is 0 Å². The summed E-state index contributed by atoms with van der Waals surface area (Å²) >= 11 is 1.80. The maximum atomic E-state index is 5.20. The highest BCUT2D eigenvalue weighted by Crippen LogP contribution is 2.33. The Hall–Kier alpha value is -1.39. The van der Waals surface area contributed by atoms with E-state index in [4.69, 9.17) is 4.74 Å². The van der Waals surface area contributed by atoms with E-state index in [0.717, 1.165) is 23.7 Å². The quantitative estimate of drug-likeness (QED) is 0.901. The second-order valence-electron chi connectivity index (χ2n) is 4.45. The number of nitrogens with zero attached hydrogens (tertiary/aromatic N) is 1. The number of fused-ring (bicyclic) bond motifs is 1. The topological polar surface area (TPSA) is 34.1 Å². The van der Waals surface area contributed by atoms with Gasteiger partial charge in [-0.1, -0.05) is 12.1 Å². The van der Waals surface area contributed by atoms with Crippen LogP contribution >= 0.6 is 11.3 Å². The molecule has 3 rings (SSSR count). The van der Waals surface area contributed by atoms with E-state index < -0.39 is 0 Å². The zero-order chi connectivity index (χ0) is 12.5. The summed E-state index contributed by atoms with van der Waals surface area (Å²) in [4.78, 5) is 5.98. The molecule has 94 valence electrons. The molecule has 0 spiro atoms. The highest BCUT2D eigenvalue weighted by molar-refractivity contribution is 7.11. The monoisotopic (exact) mass is 260 g/mol. The average molecular weight is 260 g/mol. The van der Waals surface area contributed by atoms with Gasteiger partial charge in [-0.15, -0.1) is 11.3 Å². The van der Waals surface area contributed by atoms with Gasteiger partial charge < -0.3 is 10.1 Å². The number of nitrogens with one attached hydrogen (secondary N) is 1. The molecule has 2 heterocycles. The standard InChI is InChI=1S/C14H16N2OS/c1-9-16-12-7-8-15-13(14(12)18-9)10-3-5-11(17-2)6-4-10/h3-6,13,15H,7-8H2,1-2H3. The minimum absolute atomic E-state index is 0.283. The van der Waals surface area contributed by atoms with Gasteiger partial charge in [0, 0.05) is 17.8 Å². The number of aryl methyl sites for hydroxylation is 1. The third-order valence-electron chi connectivity index (χ3n) is 3.26. The molecule has 18 heavy (non-hydrogen) atoms. The second kappa shape index (κ2) is 4.71. The summed E-state index contributed by atoms with van der Waals surface area (Å²) < 4.78 is 5.20. The Bertz CT molecular complexity index is 547. The van der Waals surface area contributed by atoms with Crippen molar-refractivity contribution in [1.82, 2.24) is 10.3 Å². The molecule has 0 saturated carbocycles. The first-order valence-electron chi connectivity index (χ1n) is 6.11. The molecule has 3 nitrogen and oxygen atoms in total. The molecular weight excluding hydrogens is 244 g/mol. The molecule has 1 atom stereocenters. The van der Waals surface area contributed by atoms with Crippen molar-refractivity contribution in [3.05, 3.63) is 45.4 Å². The van der Waals surface area contributed by atoms with Crippen LogP contribution in [-0.4, -0.2) is 18.6 Å². The molecule has 1 aromatic carbocycles. The van der Waals surface area contributed by atoms with E-state index in [0.29, 0.717) is 0 Å². The van der Waals surface area contributed by atoms with Crippen LogP contribution in [0.3, 0.4) is 0 Å². The van der Waals surface area contributed by atoms with E-state index in [-0.39, 0.29) is 6.04 Å². The van der Waals surface area contributed by atoms with Gasteiger partial charge in [0.1, 0.15) is 5.75 Å². The van der Waals surface area contributed by atoms with Crippen LogP contribution in [-0.2, 0) is 6.42 Å². The fourth-order valence-corrected chi connectivity index (χ4v) is 3.46. The lowest BCUT2D eigenvalue weighted by molar-refractivity contribution is 0.414. The van der Waals surface area contributed by atoms with Crippen LogP contribution in [0.25, 0.3) is 0 Å². The first-order valence-corrected chi connectivity index (χ1v) is 6.93. The molecule has 0 radical (unpaired) electrons. The summed E-state index contributed by atoms with van der Waals surface area (Å²) in [6.45, 7) is 3.07. The molecule has 0 amide bonds. The van der Waals surface area contributed by atoms with Gasteiger partial charge in [-0.3, -0.25) is 0 Å². The average Bonchev–Trinajstić information content (AvgIpc) is 2.79. The van der Waals surface area contributed by atoms with Crippen LogP contribution in [0, 0.1) is 6.92 Å². The number of aromatic nitrogens is 1. The Balaban J connectivity index is 1.97. The fourth-order valence-electron chi connectivity index (χ4n) is 2.38. The van der Waals surface area contributed by atoms with Gasteiger partial charge in [0.25, 0.3) is 0 Å². The molecule has 1 aromatic heterocycles. The second-order valence-corrected chi connectivity index (χ2v) is 5.69. The van der Waals surface area contributed by atoms with Crippen molar-refractivity contribution in [3.63, 3.8) is 0 Å². The Kier molecular flexibility index (Phi) is 3.06. The summed E-state index contributed by atoms with van der Waals surface area (Å²) in [5.74, 6) is 0.898. The van der Waals surface area contributed by atoms with Crippen LogP contribution in [0.4, 0.5) is 0 Å². The molecule has 1 aliphatic rings. The van der Waals surface area contributed by atoms with E-state index in [9.17, 15) is 0 Å². The third kappa shape index (κ3) is 2.02. The predicted octanol–water partition coefficient (Wildman–Crippen LogP) is 2.70. The van der Waals surface area contributed by atoms with Crippen molar-refractivity contribution in [1.29, 1.82) is 0 Å². The van der Waals surface area contributed by atoms with E-state index in [1.54, 1.807) is 18.4 Å². The summed E-state index contributed by atoms with van der Waals surface area (Å²) in [5, 5.41) is 4.73. The maximum absolute atomic E-state index is 5.20. The Morgan fingerprint density at radius 2 is 2.11 bits per heavy atom. The Morgan fingerprint density at radius 1 is 1.33 bits per heavy atom. The van der Waals surface area contributed by atoms with Crippen LogP contribution in [0.2, 0.25) is 0 Å². The van der Waals surface area contributed by atoms with Crippen LogP contribution in [0.5, 0.6) is 5.75 Å². The SMILES string of the molecule is COc1ccc(C2NCCc3nc(C)sc32)cc1. The van der Waals surface area contributed by atoms with Crippen molar-refractivity contribution >= 4 is 11.3 Å². The molecule has 0 fully saturated rings. The largest absolute Gasteiger partial charge is 0.497 e. The molecular formula is C14H16N2OS. The zero-order valence-corrected chi connectivity index (χ0v) is 11.4. The highest BCUT2D eigenvalue weighted by Gasteiger charge is 2.24. The number of thiazole rings is 1. The first-order chi connectivity index (χ1) is 8.78. The number of rotatable bonds is 2. The van der Waals surface area contributed by atoms with Crippen LogP contribution < -0.4 is 10.1 Å². The van der Waals surface area contributed by atoms with Gasteiger partial charge in [-0.25, -0.2) is 4.98 Å². The lowest BCUT2D eigenvalue weighted by atomic mass is 10.00. The van der Waals surface area contributed by atoms with Gasteiger partial charge >= 0.3 is 0 Å². The van der Waals surface area contributed by atoms with Crippen molar-refractivity contribution in [2.24, 2.45) is 0 Å². The summed E-state index contributed by atoms with van der Waals surface area (Å²) in [6.07, 6.45) is 1.03. The van der Waals surface area contributed by atoms with E-state index in [1.165, 1.54) is 16.1 Å². The number of hydrogen-bond acceptors (Lipinski definition) is 4. The zero-order valence-electron chi connectivity index (χ0n) is 10.6. The Morgan fingerprint density at radius 3 is 2.83 bits per heavy atom. The molecule has 0 aliphatic carbocycles. The van der Waals surface area contributed by atoms with Crippen molar-refractivity contribution < 1.29 is 4.74 Å². The van der Waals surface area contributed by atoms with E-state index in [2.05, 4.69) is 29.4 Å². The maximum Gasteiger partial charge on any atom is 0.118 e. The Labute approximate surface area is 111 Å². The predicted molar refractivity (Wildman–Crippen MR) is 73.4 cm³/mol. The molecule has 4 heteroatoms. The molecule has 0 saturated heterocycles. The van der Waals surface area contributed by atoms with Crippen LogP contribution in [0.1, 0.15) is 27.2 Å². The highest BCUT2D eigenvalue weighted by atomic mass is 32.1. The lowest BCUT2D eigenvalue weighted by Gasteiger charge is -2.23. The van der Waals surface area contributed by atoms with E-state index >= 15 is 0 Å². The third-order valence-corrected chi connectivity index (χ3v) is 4.33. The number of methoxy groups -OCH3 is 1. The number of ether oxygens (including phenoxy) is 1. The smallest absolute Gasteiger partial charge is 0.118 e. The van der Waals surface area contributed by atoms with Gasteiger partial charge in [0.05, 0.1) is 23.9 Å². The fraction of sp³-hybridized carbons (Fsp3) is 0.357. The molecule has 1 unspecified atom stereocenters. The lowest BCUT2D eigenvalue weighted by Crippen LogP contribution is -2.29. The first kappa shape index (κ1) is 11.7. The number of benzene rings is 1. The van der Waals surface area contributed by atoms with Crippen molar-refractivity contribution in [2.45, 2.75) is 19.4 Å². The summed E-state index contributed by atoms with van der Waals surface area (Å²) in [6, 6.07) is 8.56. The van der Waals surface area contributed by atoms with Crippen LogP contribution in [0.15, 0.2) is 24.3 Å². The molecule has 1 aliphatic heterocycles. The summed E-state index contributed by atoms with van der Waals surface area (Å²) in [7, 11) is 1.69. The van der Waals surface area contributed by atoms with Gasteiger partial charge in [0.2, 0.25) is 0 Å². The molecule has 1 N–H and O–H groups in total. The van der Waals surface area contributed by atoms with Gasteiger partial charge in [-0.05, 0) is 24.6 Å². The molecule has 2 aromatic rings. The minimum atomic E-state index is 0.283. The normalized spacial score (nSPS) is 18.4. The molecule has 0 bridgehead atoms. The minimum Gasteiger partial charge on any atom is -0.497 e. The van der Waals surface area contributed by atoms with Gasteiger partial charge in [-0.2, -0.15) is 0 Å². The summed E-state index contributed by atoms with van der Waals surface area (Å²) in [5.41, 5.74) is 2.54. The van der Waals surface area contributed by atoms with Crippen molar-refractivity contribution in [2.75, 3.05) is 13.7 Å². The number of hydrogen-bond donors (Lipinski definition) is 1. The van der Waals surface area contributed by atoms with Crippen molar-refractivity contribution in [3.8, 4) is 5.75 Å².